The summed E-state index contributed by atoms with van der Waals surface area (Å²) in [6.07, 6.45) is -1.73. The van der Waals surface area contributed by atoms with Crippen LogP contribution in [0.1, 0.15) is 24.4 Å². The first-order chi connectivity index (χ1) is 10.2. The normalized spacial score (nSPS) is 13.0. The van der Waals surface area contributed by atoms with E-state index in [-0.39, 0.29) is 16.1 Å². The van der Waals surface area contributed by atoms with Crippen LogP contribution in [0.2, 0.25) is 0 Å². The Balaban J connectivity index is 2.26. The Morgan fingerprint density at radius 1 is 1.36 bits per heavy atom. The highest BCUT2D eigenvalue weighted by Gasteiger charge is 2.38. The van der Waals surface area contributed by atoms with Crippen molar-refractivity contribution in [1.29, 1.82) is 0 Å². The van der Waals surface area contributed by atoms with Crippen LogP contribution in [-0.4, -0.2) is 25.7 Å². The third kappa shape index (κ3) is 3.26. The summed E-state index contributed by atoms with van der Waals surface area (Å²) in [4.78, 5) is 19.7. The van der Waals surface area contributed by atoms with Gasteiger partial charge in [0, 0.05) is 12.4 Å². The second-order valence-electron chi connectivity index (χ2n) is 4.43. The van der Waals surface area contributed by atoms with E-state index >= 15 is 0 Å². The zero-order chi connectivity index (χ0) is 16.5. The van der Waals surface area contributed by atoms with Gasteiger partial charge in [-0.1, -0.05) is 0 Å². The maximum absolute atomic E-state index is 12.8. The van der Waals surface area contributed by atoms with Crippen molar-refractivity contribution in [2.75, 3.05) is 5.32 Å². The molecule has 1 atom stereocenters. The van der Waals surface area contributed by atoms with Crippen molar-refractivity contribution in [3.8, 4) is 0 Å². The molecule has 0 saturated carbocycles. The summed E-state index contributed by atoms with van der Waals surface area (Å²) < 4.78 is 39.3. The van der Waals surface area contributed by atoms with Crippen LogP contribution in [0.4, 0.5) is 19.1 Å². The van der Waals surface area contributed by atoms with Crippen molar-refractivity contribution >= 4 is 27.8 Å². The zero-order valence-electron chi connectivity index (χ0n) is 11.5. The largest absolute Gasteiger partial charge is 0.436 e. The van der Waals surface area contributed by atoms with E-state index in [1.807, 2.05) is 0 Å². The Morgan fingerprint density at radius 3 is 2.45 bits per heavy atom. The van der Waals surface area contributed by atoms with Crippen molar-refractivity contribution in [2.45, 2.75) is 26.1 Å². The lowest BCUT2D eigenvalue weighted by molar-refractivity contribution is -0.142. The molecule has 0 radical (unpaired) electrons. The van der Waals surface area contributed by atoms with E-state index in [2.05, 4.69) is 36.3 Å². The molecule has 2 aromatic heterocycles. The smallest absolute Gasteiger partial charge is 0.293 e. The fraction of sp³-hybridized carbons (Fsp3) is 0.333. The molecule has 6 nitrogen and oxygen atoms in total. The monoisotopic (exact) mass is 377 g/mol. The van der Waals surface area contributed by atoms with E-state index in [0.29, 0.717) is 0 Å². The molecular weight excluding hydrogens is 367 g/mol. The van der Waals surface area contributed by atoms with E-state index in [4.69, 9.17) is 0 Å². The Morgan fingerprint density at radius 2 is 1.95 bits per heavy atom. The third-order valence-electron chi connectivity index (χ3n) is 2.89. The summed E-state index contributed by atoms with van der Waals surface area (Å²) in [5.74, 6) is -0.503. The molecule has 2 heterocycles. The number of amides is 1. The number of nitrogens with zero attached hydrogens (tertiary/aromatic N) is 4. The van der Waals surface area contributed by atoms with Crippen LogP contribution in [0.25, 0.3) is 0 Å². The Labute approximate surface area is 131 Å². The summed E-state index contributed by atoms with van der Waals surface area (Å²) >= 11 is 2.86. The van der Waals surface area contributed by atoms with Crippen molar-refractivity contribution in [2.24, 2.45) is 0 Å². The molecule has 0 bridgehead atoms. The fourth-order valence-electron chi connectivity index (χ4n) is 1.75. The minimum absolute atomic E-state index is 0.0688. The van der Waals surface area contributed by atoms with Gasteiger partial charge in [-0.3, -0.25) is 14.8 Å². The zero-order valence-corrected chi connectivity index (χ0v) is 13.1. The predicted molar refractivity (Wildman–Crippen MR) is 75.0 cm³/mol. The summed E-state index contributed by atoms with van der Waals surface area (Å²) in [5, 5.41) is 5.90. The highest BCUT2D eigenvalue weighted by Crippen LogP contribution is 2.36. The number of carbonyl (C=O) groups excluding carboxylic acids is 1. The molecule has 0 spiro atoms. The molecular formula is C12H11BrF3N5O. The van der Waals surface area contributed by atoms with Crippen LogP contribution in [0, 0.1) is 6.92 Å². The van der Waals surface area contributed by atoms with E-state index in [9.17, 15) is 18.0 Å². The van der Waals surface area contributed by atoms with E-state index in [1.165, 1.54) is 26.2 Å². The average molecular weight is 378 g/mol. The minimum Gasteiger partial charge on any atom is -0.293 e. The molecule has 10 heteroatoms. The number of hydrogen-bond acceptors (Lipinski definition) is 4. The number of alkyl halides is 3. The molecule has 22 heavy (non-hydrogen) atoms. The number of aromatic nitrogens is 4. The lowest BCUT2D eigenvalue weighted by Gasteiger charge is -2.13. The maximum atomic E-state index is 12.8. The van der Waals surface area contributed by atoms with Crippen LogP contribution < -0.4 is 5.32 Å². The van der Waals surface area contributed by atoms with Crippen molar-refractivity contribution < 1.29 is 18.0 Å². The Hall–Kier alpha value is -1.97. The number of hydrogen-bond donors (Lipinski definition) is 1. The summed E-state index contributed by atoms with van der Waals surface area (Å²) in [7, 11) is 0. The van der Waals surface area contributed by atoms with Gasteiger partial charge in [0.1, 0.15) is 6.04 Å². The summed E-state index contributed by atoms with van der Waals surface area (Å²) in [6, 6.07) is 0.611. The summed E-state index contributed by atoms with van der Waals surface area (Å²) in [5.41, 5.74) is -0.871. The highest BCUT2D eigenvalue weighted by molar-refractivity contribution is 9.10. The standard InChI is InChI=1S/C12H11BrF3N5O/c1-6-8(13)9(12(14,15)16)20-21(6)7(2)10(22)19-11-17-4-3-5-18-11/h3-5,7H,1-2H3,(H,17,18,19,22)/t7-/m1/s1. The molecule has 2 rings (SSSR count). The lowest BCUT2D eigenvalue weighted by Crippen LogP contribution is -2.26. The second-order valence-corrected chi connectivity index (χ2v) is 5.22. The van der Waals surface area contributed by atoms with Gasteiger partial charge in [0.25, 0.3) is 5.91 Å². The second kappa shape index (κ2) is 6.03. The van der Waals surface area contributed by atoms with Gasteiger partial charge in [0.2, 0.25) is 5.95 Å². The maximum Gasteiger partial charge on any atom is 0.436 e. The average Bonchev–Trinajstić information content (AvgIpc) is 2.75. The molecule has 1 N–H and O–H groups in total. The molecule has 0 saturated heterocycles. The van der Waals surface area contributed by atoms with Gasteiger partial charge in [-0.15, -0.1) is 0 Å². The van der Waals surface area contributed by atoms with E-state index in [0.717, 1.165) is 4.68 Å². The number of halogens is 4. The van der Waals surface area contributed by atoms with Crippen LogP contribution in [-0.2, 0) is 11.0 Å². The third-order valence-corrected chi connectivity index (χ3v) is 3.84. The first-order valence-electron chi connectivity index (χ1n) is 6.11. The van der Waals surface area contributed by atoms with Gasteiger partial charge in [0.15, 0.2) is 5.69 Å². The predicted octanol–water partition coefficient (Wildman–Crippen LogP) is 2.96. The molecule has 1 amide bonds. The van der Waals surface area contributed by atoms with Gasteiger partial charge in [0.05, 0.1) is 10.2 Å². The van der Waals surface area contributed by atoms with E-state index < -0.39 is 23.8 Å². The molecule has 0 aliphatic carbocycles. The van der Waals surface area contributed by atoms with Gasteiger partial charge >= 0.3 is 6.18 Å². The van der Waals surface area contributed by atoms with Gasteiger partial charge in [-0.05, 0) is 35.8 Å². The van der Waals surface area contributed by atoms with Crippen LogP contribution >= 0.6 is 15.9 Å². The molecule has 0 unspecified atom stereocenters. The lowest BCUT2D eigenvalue weighted by atomic mass is 10.3. The fourth-order valence-corrected chi connectivity index (χ4v) is 2.23. The SMILES string of the molecule is Cc1c(Br)c(C(F)(F)F)nn1[C@H](C)C(=O)Nc1ncccn1. The van der Waals surface area contributed by atoms with Crippen molar-refractivity contribution in [1.82, 2.24) is 19.7 Å². The first kappa shape index (κ1) is 16.4. The number of nitrogens with one attached hydrogen (secondary N) is 1. The Kier molecular flexibility index (Phi) is 4.50. The van der Waals surface area contributed by atoms with Crippen LogP contribution in [0.5, 0.6) is 0 Å². The summed E-state index contributed by atoms with van der Waals surface area (Å²) in [6.45, 7) is 2.87. The number of rotatable bonds is 3. The van der Waals surface area contributed by atoms with Crippen LogP contribution in [0.15, 0.2) is 22.9 Å². The minimum atomic E-state index is -4.60. The van der Waals surface area contributed by atoms with Gasteiger partial charge in [-0.2, -0.15) is 18.3 Å². The van der Waals surface area contributed by atoms with Crippen LogP contribution in [0.3, 0.4) is 0 Å². The molecule has 118 valence electrons. The highest BCUT2D eigenvalue weighted by atomic mass is 79.9. The molecule has 0 aliphatic heterocycles. The molecule has 0 fully saturated rings. The van der Waals surface area contributed by atoms with Gasteiger partial charge < -0.3 is 0 Å². The van der Waals surface area contributed by atoms with Gasteiger partial charge in [-0.25, -0.2) is 9.97 Å². The van der Waals surface area contributed by atoms with Crippen molar-refractivity contribution in [3.05, 3.63) is 34.3 Å². The first-order valence-corrected chi connectivity index (χ1v) is 6.90. The molecule has 0 aromatic carbocycles. The quantitative estimate of drug-likeness (QED) is 0.892. The molecule has 2 aromatic rings. The topological polar surface area (TPSA) is 72.7 Å². The number of carbonyl (C=O) groups is 1. The van der Waals surface area contributed by atoms with Crippen molar-refractivity contribution in [3.63, 3.8) is 0 Å². The Bertz CT molecular complexity index is 686. The van der Waals surface area contributed by atoms with E-state index in [1.54, 1.807) is 6.07 Å². The molecule has 0 aliphatic rings. The number of anilines is 1.